The van der Waals surface area contributed by atoms with Crippen LogP contribution in [0.3, 0.4) is 0 Å². The van der Waals surface area contributed by atoms with Crippen molar-refractivity contribution in [3.63, 3.8) is 0 Å². The first-order valence-electron chi connectivity index (χ1n) is 10.2. The molecule has 2 atom stereocenters. The van der Waals surface area contributed by atoms with Gasteiger partial charge in [0.25, 0.3) is 5.91 Å². The van der Waals surface area contributed by atoms with Crippen LogP contribution in [-0.2, 0) is 11.2 Å². The van der Waals surface area contributed by atoms with Gasteiger partial charge in [0.1, 0.15) is 5.54 Å². The van der Waals surface area contributed by atoms with Crippen LogP contribution in [0.2, 0.25) is 0 Å². The smallest absolute Gasteiger partial charge is 0.322 e. The molecule has 3 aliphatic rings. The Hall–Kier alpha value is -2.57. The number of guanidine groups is 1. The molecule has 2 fully saturated rings. The minimum Gasteiger partial charge on any atom is -0.356 e. The quantitative estimate of drug-likeness (QED) is 0.420. The zero-order valence-electron chi connectivity index (χ0n) is 16.6. The van der Waals surface area contributed by atoms with Crippen molar-refractivity contribution >= 4 is 17.9 Å². The van der Waals surface area contributed by atoms with Crippen molar-refractivity contribution in [3.8, 4) is 0 Å². The maximum Gasteiger partial charge on any atom is 0.322 e. The van der Waals surface area contributed by atoms with Gasteiger partial charge in [0.05, 0.1) is 0 Å². The average Bonchev–Trinajstić information content (AvgIpc) is 3.23. The lowest BCUT2D eigenvalue weighted by atomic mass is 9.79. The van der Waals surface area contributed by atoms with E-state index in [4.69, 9.17) is 0 Å². The van der Waals surface area contributed by atoms with E-state index in [1.165, 1.54) is 17.5 Å². The molecule has 0 spiro atoms. The molecule has 0 radical (unpaired) electrons. The van der Waals surface area contributed by atoms with Crippen molar-refractivity contribution in [1.29, 1.82) is 0 Å². The van der Waals surface area contributed by atoms with Gasteiger partial charge >= 0.3 is 6.03 Å². The molecule has 7 nitrogen and oxygen atoms in total. The zero-order chi connectivity index (χ0) is 19.7. The normalized spacial score (nSPS) is 28.1. The van der Waals surface area contributed by atoms with E-state index in [2.05, 4.69) is 50.1 Å². The van der Waals surface area contributed by atoms with Gasteiger partial charge in [0.2, 0.25) is 0 Å². The number of aliphatic imine (C=N–C) groups is 1. The fourth-order valence-electron chi connectivity index (χ4n) is 4.92. The number of nitrogens with one attached hydrogen (secondary N) is 3. The second-order valence-corrected chi connectivity index (χ2v) is 8.23. The molecule has 0 saturated carbocycles. The van der Waals surface area contributed by atoms with E-state index in [9.17, 15) is 9.59 Å². The molecule has 2 saturated heterocycles. The third-order valence-corrected chi connectivity index (χ3v) is 6.66. The van der Waals surface area contributed by atoms with Crippen LogP contribution in [0.15, 0.2) is 29.3 Å². The minimum atomic E-state index is -0.798. The van der Waals surface area contributed by atoms with E-state index >= 15 is 0 Å². The van der Waals surface area contributed by atoms with E-state index in [-0.39, 0.29) is 17.9 Å². The first-order valence-corrected chi connectivity index (χ1v) is 10.2. The summed E-state index contributed by atoms with van der Waals surface area (Å²) in [6.45, 7) is 4.37. The van der Waals surface area contributed by atoms with Crippen LogP contribution in [0.5, 0.6) is 0 Å². The van der Waals surface area contributed by atoms with Crippen molar-refractivity contribution in [2.75, 3.05) is 26.7 Å². The summed E-state index contributed by atoms with van der Waals surface area (Å²) in [6, 6.07) is 8.32. The molecular formula is C21H29N5O2. The van der Waals surface area contributed by atoms with Crippen molar-refractivity contribution in [2.24, 2.45) is 10.9 Å². The second-order valence-electron chi connectivity index (χ2n) is 8.23. The Morgan fingerprint density at radius 3 is 2.68 bits per heavy atom. The number of hydrogen-bond acceptors (Lipinski definition) is 3. The van der Waals surface area contributed by atoms with E-state index < -0.39 is 5.54 Å². The molecule has 3 amide bonds. The number of benzene rings is 1. The fourth-order valence-corrected chi connectivity index (χ4v) is 4.92. The summed E-state index contributed by atoms with van der Waals surface area (Å²) in [5.74, 6) is 1.38. The summed E-state index contributed by atoms with van der Waals surface area (Å²) in [4.78, 5) is 30.5. The van der Waals surface area contributed by atoms with Gasteiger partial charge < -0.3 is 15.5 Å². The lowest BCUT2D eigenvalue weighted by molar-refractivity contribution is -0.125. The Labute approximate surface area is 166 Å². The van der Waals surface area contributed by atoms with Gasteiger partial charge in [0.15, 0.2) is 5.96 Å². The number of nitrogens with zero attached hydrogens (tertiary/aromatic N) is 2. The summed E-state index contributed by atoms with van der Waals surface area (Å²) in [7, 11) is 1.82. The molecule has 2 unspecified atom stereocenters. The first kappa shape index (κ1) is 18.8. The minimum absolute atomic E-state index is 0.134. The first-order chi connectivity index (χ1) is 13.5. The van der Waals surface area contributed by atoms with E-state index in [0.717, 1.165) is 44.9 Å². The highest BCUT2D eigenvalue weighted by atomic mass is 16.2. The van der Waals surface area contributed by atoms with Crippen LogP contribution >= 0.6 is 0 Å². The number of imide groups is 1. The molecule has 28 heavy (non-hydrogen) atoms. The van der Waals surface area contributed by atoms with E-state index in [1.54, 1.807) is 0 Å². The number of urea groups is 1. The molecule has 7 heteroatoms. The number of carbonyl (C=O) groups is 2. The van der Waals surface area contributed by atoms with Crippen molar-refractivity contribution in [1.82, 2.24) is 20.9 Å². The van der Waals surface area contributed by atoms with Gasteiger partial charge in [0, 0.05) is 32.6 Å². The maximum atomic E-state index is 12.2. The standard InChI is InChI=1S/C21H29N5O2/c1-21(18(27)24-20(28)25-21)16-9-11-26(12-10-16)19(22-2)23-13-15-8-7-14-5-3-4-6-17(14)15/h3-6,15-16H,7-13H2,1-2H3,(H,22,23)(H2,24,25,27,28). The van der Waals surface area contributed by atoms with Gasteiger partial charge in [-0.3, -0.25) is 15.1 Å². The molecule has 0 bridgehead atoms. The molecule has 0 aromatic heterocycles. The number of piperidine rings is 1. The summed E-state index contributed by atoms with van der Waals surface area (Å²) in [5.41, 5.74) is 2.13. The number of aryl methyl sites for hydroxylation is 1. The topological polar surface area (TPSA) is 85.8 Å². The molecule has 4 rings (SSSR count). The number of likely N-dealkylation sites (tertiary alicyclic amines) is 1. The number of fused-ring (bicyclic) bond motifs is 1. The number of hydrogen-bond donors (Lipinski definition) is 3. The third-order valence-electron chi connectivity index (χ3n) is 6.66. The van der Waals surface area contributed by atoms with Crippen LogP contribution in [0.25, 0.3) is 0 Å². The molecular weight excluding hydrogens is 354 g/mol. The van der Waals surface area contributed by atoms with Crippen LogP contribution in [0.1, 0.15) is 43.2 Å². The molecule has 3 N–H and O–H groups in total. The Morgan fingerprint density at radius 2 is 2.00 bits per heavy atom. The van der Waals surface area contributed by atoms with Gasteiger partial charge in [-0.15, -0.1) is 0 Å². The van der Waals surface area contributed by atoms with Gasteiger partial charge in [-0.05, 0) is 49.7 Å². The molecule has 2 aliphatic heterocycles. The predicted molar refractivity (Wildman–Crippen MR) is 108 cm³/mol. The molecule has 1 aromatic carbocycles. The lowest BCUT2D eigenvalue weighted by Crippen LogP contribution is -2.55. The Balaban J connectivity index is 1.32. The maximum absolute atomic E-state index is 12.2. The Morgan fingerprint density at radius 1 is 1.25 bits per heavy atom. The zero-order valence-corrected chi connectivity index (χ0v) is 16.6. The van der Waals surface area contributed by atoms with Crippen LogP contribution in [-0.4, -0.2) is 55.0 Å². The summed E-state index contributed by atoms with van der Waals surface area (Å²) in [5, 5.41) is 8.74. The van der Waals surface area contributed by atoms with E-state index in [0.29, 0.717) is 5.92 Å². The fraction of sp³-hybridized carbons (Fsp3) is 0.571. The molecule has 1 aromatic rings. The Bertz CT molecular complexity index is 800. The number of carbonyl (C=O) groups excluding carboxylic acids is 2. The van der Waals surface area contributed by atoms with Gasteiger partial charge in [-0.25, -0.2) is 4.79 Å². The van der Waals surface area contributed by atoms with Gasteiger partial charge in [-0.1, -0.05) is 24.3 Å². The second kappa shape index (κ2) is 7.45. The monoisotopic (exact) mass is 383 g/mol. The van der Waals surface area contributed by atoms with Crippen molar-refractivity contribution < 1.29 is 9.59 Å². The Kier molecular flexibility index (Phi) is 5.00. The summed E-state index contributed by atoms with van der Waals surface area (Å²) >= 11 is 0. The number of rotatable bonds is 3. The van der Waals surface area contributed by atoms with Crippen LogP contribution < -0.4 is 16.0 Å². The van der Waals surface area contributed by atoms with Crippen LogP contribution in [0.4, 0.5) is 4.79 Å². The molecule has 2 heterocycles. The highest BCUT2D eigenvalue weighted by molar-refractivity contribution is 6.07. The van der Waals surface area contributed by atoms with Crippen LogP contribution in [0, 0.1) is 5.92 Å². The van der Waals surface area contributed by atoms with E-state index in [1.807, 2.05) is 14.0 Å². The molecule has 1 aliphatic carbocycles. The SMILES string of the molecule is CN=C(NCC1CCc2ccccc21)N1CCC(C2(C)NC(=O)NC2=O)CC1. The largest absolute Gasteiger partial charge is 0.356 e. The van der Waals surface area contributed by atoms with Gasteiger partial charge in [-0.2, -0.15) is 0 Å². The lowest BCUT2D eigenvalue weighted by Gasteiger charge is -2.39. The van der Waals surface area contributed by atoms with Crippen molar-refractivity contribution in [3.05, 3.63) is 35.4 Å². The number of amides is 3. The molecule has 150 valence electrons. The average molecular weight is 383 g/mol. The highest BCUT2D eigenvalue weighted by Gasteiger charge is 2.48. The summed E-state index contributed by atoms with van der Waals surface area (Å²) in [6.07, 6.45) is 4.02. The predicted octanol–water partition coefficient (Wildman–Crippen LogP) is 1.60. The van der Waals surface area contributed by atoms with Crippen molar-refractivity contribution in [2.45, 2.75) is 44.1 Å². The summed E-state index contributed by atoms with van der Waals surface area (Å²) < 4.78 is 0. The highest BCUT2D eigenvalue weighted by Crippen LogP contribution is 2.33. The third kappa shape index (κ3) is 3.34.